The Morgan fingerprint density at radius 1 is 1.00 bits per heavy atom. The highest BCUT2D eigenvalue weighted by Crippen LogP contribution is 2.34. The van der Waals surface area contributed by atoms with Gasteiger partial charge in [-0.1, -0.05) is 55.8 Å². The van der Waals surface area contributed by atoms with E-state index in [9.17, 15) is 14.7 Å². The number of carbonyl (C=O) groups is 2. The number of benzene rings is 2. The van der Waals surface area contributed by atoms with Gasteiger partial charge in [-0.3, -0.25) is 4.79 Å². The number of carboxylic acids is 1. The fourth-order valence-corrected chi connectivity index (χ4v) is 4.29. The molecule has 2 N–H and O–H groups in total. The summed E-state index contributed by atoms with van der Waals surface area (Å²) in [4.78, 5) is 25.3. The Labute approximate surface area is 162 Å². The van der Waals surface area contributed by atoms with Gasteiger partial charge in [0.15, 0.2) is 0 Å². The number of thiophene rings is 1. The molecule has 1 heterocycles. The molecule has 4 nitrogen and oxygen atoms in total. The van der Waals surface area contributed by atoms with Gasteiger partial charge in [0.25, 0.3) is 5.91 Å². The average Bonchev–Trinajstić information content (AvgIpc) is 2.98. The SMILES string of the molecule is CCCc1sc(NC(=O)c2ccc(-c3ccccc3)cc2)c(C(=O)O)c1C. The van der Waals surface area contributed by atoms with Crippen LogP contribution in [-0.2, 0) is 6.42 Å². The summed E-state index contributed by atoms with van der Waals surface area (Å²) in [6.45, 7) is 3.85. The maximum atomic E-state index is 12.6. The molecule has 0 aliphatic heterocycles. The second-order valence-electron chi connectivity index (χ2n) is 6.31. The molecule has 27 heavy (non-hydrogen) atoms. The molecule has 1 aromatic heterocycles. The van der Waals surface area contributed by atoms with Gasteiger partial charge < -0.3 is 10.4 Å². The summed E-state index contributed by atoms with van der Waals surface area (Å²) < 4.78 is 0. The van der Waals surface area contributed by atoms with E-state index in [1.807, 2.05) is 49.4 Å². The zero-order valence-corrected chi connectivity index (χ0v) is 16.1. The molecule has 2 aromatic carbocycles. The van der Waals surface area contributed by atoms with Gasteiger partial charge in [-0.15, -0.1) is 11.3 Å². The number of nitrogens with one attached hydrogen (secondary N) is 1. The highest BCUT2D eigenvalue weighted by atomic mass is 32.1. The molecule has 0 atom stereocenters. The molecule has 3 rings (SSSR count). The number of aryl methyl sites for hydroxylation is 1. The second-order valence-corrected chi connectivity index (χ2v) is 7.41. The predicted molar refractivity (Wildman–Crippen MR) is 110 cm³/mol. The standard InChI is InChI=1S/C22H21NO3S/c1-3-7-18-14(2)19(22(25)26)21(27-18)23-20(24)17-12-10-16(11-13-17)15-8-5-4-6-9-15/h4-6,8-13H,3,7H2,1-2H3,(H,23,24)(H,25,26). The molecule has 5 heteroatoms. The summed E-state index contributed by atoms with van der Waals surface area (Å²) in [6.07, 6.45) is 1.73. The van der Waals surface area contributed by atoms with Gasteiger partial charge in [-0.25, -0.2) is 4.79 Å². The van der Waals surface area contributed by atoms with Crippen LogP contribution >= 0.6 is 11.3 Å². The summed E-state index contributed by atoms with van der Waals surface area (Å²) in [5.74, 6) is -1.32. The topological polar surface area (TPSA) is 66.4 Å². The van der Waals surface area contributed by atoms with Crippen molar-refractivity contribution in [3.63, 3.8) is 0 Å². The quantitative estimate of drug-likeness (QED) is 0.583. The molecular weight excluding hydrogens is 358 g/mol. The van der Waals surface area contributed by atoms with Crippen molar-refractivity contribution in [3.8, 4) is 11.1 Å². The van der Waals surface area contributed by atoms with Gasteiger partial charge in [0.1, 0.15) is 5.00 Å². The summed E-state index contributed by atoms with van der Waals surface area (Å²) in [6, 6.07) is 17.2. The second kappa shape index (κ2) is 8.18. The lowest BCUT2D eigenvalue weighted by atomic mass is 10.0. The van der Waals surface area contributed by atoms with Crippen LogP contribution in [0.4, 0.5) is 5.00 Å². The third-order valence-corrected chi connectivity index (χ3v) is 5.68. The molecule has 0 fully saturated rings. The molecule has 0 bridgehead atoms. The van der Waals surface area contributed by atoms with Crippen LogP contribution in [0.1, 0.15) is 44.5 Å². The van der Waals surface area contributed by atoms with Crippen molar-refractivity contribution in [1.29, 1.82) is 0 Å². The summed E-state index contributed by atoms with van der Waals surface area (Å²) in [7, 11) is 0. The van der Waals surface area contributed by atoms with Crippen LogP contribution in [-0.4, -0.2) is 17.0 Å². The zero-order valence-electron chi connectivity index (χ0n) is 15.3. The molecule has 0 aliphatic carbocycles. The fraction of sp³-hybridized carbons (Fsp3) is 0.182. The van der Waals surface area contributed by atoms with Crippen molar-refractivity contribution in [2.75, 3.05) is 5.32 Å². The van der Waals surface area contributed by atoms with E-state index in [-0.39, 0.29) is 11.5 Å². The molecule has 0 radical (unpaired) electrons. The molecule has 0 saturated heterocycles. The smallest absolute Gasteiger partial charge is 0.338 e. The number of hydrogen-bond acceptors (Lipinski definition) is 3. The molecule has 0 unspecified atom stereocenters. The Morgan fingerprint density at radius 2 is 1.63 bits per heavy atom. The first kappa shape index (κ1) is 18.9. The number of anilines is 1. The van der Waals surface area contributed by atoms with Gasteiger partial charge >= 0.3 is 5.97 Å². The van der Waals surface area contributed by atoms with E-state index >= 15 is 0 Å². The van der Waals surface area contributed by atoms with Gasteiger partial charge in [0.2, 0.25) is 0 Å². The highest BCUT2D eigenvalue weighted by molar-refractivity contribution is 7.17. The third-order valence-electron chi connectivity index (χ3n) is 4.42. The molecule has 138 valence electrons. The van der Waals surface area contributed by atoms with Crippen molar-refractivity contribution in [2.24, 2.45) is 0 Å². The van der Waals surface area contributed by atoms with Crippen LogP contribution in [0.2, 0.25) is 0 Å². The van der Waals surface area contributed by atoms with Crippen LogP contribution in [0.15, 0.2) is 54.6 Å². The molecular formula is C22H21NO3S. The van der Waals surface area contributed by atoms with Crippen LogP contribution in [0, 0.1) is 6.92 Å². The van der Waals surface area contributed by atoms with E-state index in [4.69, 9.17) is 0 Å². The van der Waals surface area contributed by atoms with Crippen LogP contribution in [0.3, 0.4) is 0 Å². The lowest BCUT2D eigenvalue weighted by Gasteiger charge is -2.06. The monoisotopic (exact) mass is 379 g/mol. The Bertz CT molecular complexity index is 959. The lowest BCUT2D eigenvalue weighted by molar-refractivity contribution is 0.0697. The Hall–Kier alpha value is -2.92. The number of aromatic carboxylic acids is 1. The minimum atomic E-state index is -1.01. The van der Waals surface area contributed by atoms with Crippen LogP contribution in [0.5, 0.6) is 0 Å². The summed E-state index contributed by atoms with van der Waals surface area (Å²) >= 11 is 1.35. The van der Waals surface area contributed by atoms with Crippen molar-refractivity contribution >= 4 is 28.2 Å². The fourth-order valence-electron chi connectivity index (χ4n) is 2.99. The number of hydrogen-bond donors (Lipinski definition) is 2. The summed E-state index contributed by atoms with van der Waals surface area (Å²) in [5.41, 5.74) is 3.53. The molecule has 0 aliphatic rings. The van der Waals surface area contributed by atoms with E-state index in [2.05, 4.69) is 5.32 Å². The summed E-state index contributed by atoms with van der Waals surface area (Å²) in [5, 5.41) is 12.7. The average molecular weight is 379 g/mol. The van der Waals surface area contributed by atoms with Crippen LogP contribution in [0.25, 0.3) is 11.1 Å². The Morgan fingerprint density at radius 3 is 2.22 bits per heavy atom. The molecule has 0 saturated carbocycles. The first-order valence-corrected chi connectivity index (χ1v) is 9.65. The van der Waals surface area contributed by atoms with Crippen molar-refractivity contribution in [2.45, 2.75) is 26.7 Å². The number of carboxylic acid groups (broad SMARTS) is 1. The maximum Gasteiger partial charge on any atom is 0.338 e. The minimum absolute atomic E-state index is 0.192. The molecule has 1 amide bonds. The highest BCUT2D eigenvalue weighted by Gasteiger charge is 2.22. The predicted octanol–water partition coefficient (Wildman–Crippen LogP) is 5.63. The zero-order chi connectivity index (χ0) is 19.4. The first-order valence-electron chi connectivity index (χ1n) is 8.83. The number of amides is 1. The van der Waals surface area contributed by atoms with E-state index < -0.39 is 5.97 Å². The third kappa shape index (κ3) is 4.09. The Balaban J connectivity index is 1.83. The largest absolute Gasteiger partial charge is 0.478 e. The van der Waals surface area contributed by atoms with Crippen molar-refractivity contribution in [3.05, 3.63) is 76.2 Å². The van der Waals surface area contributed by atoms with E-state index in [1.54, 1.807) is 19.1 Å². The number of carbonyl (C=O) groups excluding carboxylic acids is 1. The lowest BCUT2D eigenvalue weighted by Crippen LogP contribution is -2.13. The normalized spacial score (nSPS) is 10.6. The van der Waals surface area contributed by atoms with Gasteiger partial charge in [0, 0.05) is 10.4 Å². The number of rotatable bonds is 6. The van der Waals surface area contributed by atoms with Crippen LogP contribution < -0.4 is 5.32 Å². The van der Waals surface area contributed by atoms with E-state index in [0.29, 0.717) is 10.6 Å². The maximum absolute atomic E-state index is 12.6. The van der Waals surface area contributed by atoms with Gasteiger partial charge in [-0.2, -0.15) is 0 Å². The Kier molecular flexibility index (Phi) is 5.72. The molecule has 3 aromatic rings. The minimum Gasteiger partial charge on any atom is -0.478 e. The van der Waals surface area contributed by atoms with E-state index in [1.165, 1.54) is 11.3 Å². The van der Waals surface area contributed by atoms with Crippen molar-refractivity contribution < 1.29 is 14.7 Å². The molecule has 0 spiro atoms. The van der Waals surface area contributed by atoms with E-state index in [0.717, 1.165) is 34.4 Å². The van der Waals surface area contributed by atoms with Crippen molar-refractivity contribution in [1.82, 2.24) is 0 Å². The first-order chi connectivity index (χ1) is 13.0. The van der Waals surface area contributed by atoms with Gasteiger partial charge in [-0.05, 0) is 42.2 Å². The van der Waals surface area contributed by atoms with Gasteiger partial charge in [0.05, 0.1) is 5.56 Å².